The molecule has 0 amide bonds. The molecule has 7 nitrogen and oxygen atoms in total. The van der Waals surface area contributed by atoms with Crippen molar-refractivity contribution in [2.24, 2.45) is 7.05 Å². The van der Waals surface area contributed by atoms with E-state index in [1.165, 1.54) is 41.4 Å². The summed E-state index contributed by atoms with van der Waals surface area (Å²) in [6.45, 7) is 0.680. The molecule has 7 heteroatoms. The maximum Gasteiger partial charge on any atom is 0.171 e. The van der Waals surface area contributed by atoms with Crippen molar-refractivity contribution < 1.29 is 0 Å². The predicted octanol–water partition coefficient (Wildman–Crippen LogP) is 2.89. The first-order valence-electron chi connectivity index (χ1n) is 9.40. The Balaban J connectivity index is 1.52. The summed E-state index contributed by atoms with van der Waals surface area (Å²) in [6, 6.07) is 8.71. The lowest BCUT2D eigenvalue weighted by molar-refractivity contribution is 0.629. The standard InChI is InChI=1S/C20H19N7/c1-25-19-15(10-22-25)20-23-18(24-27(20)12-21-19)11-26-16-8-4-2-6-13(16)14-7-3-5-9-17(14)26/h2,4,6,8,10,12H,3,5,7,9,11H2,1H3. The average Bonchev–Trinajstić information content (AvgIpc) is 3.37. The zero-order valence-corrected chi connectivity index (χ0v) is 15.1. The van der Waals surface area contributed by atoms with Gasteiger partial charge in [0.2, 0.25) is 0 Å². The first kappa shape index (κ1) is 14.9. The van der Waals surface area contributed by atoms with Gasteiger partial charge in [-0.05, 0) is 37.3 Å². The lowest BCUT2D eigenvalue weighted by atomic mass is 9.96. The van der Waals surface area contributed by atoms with Gasteiger partial charge in [0.15, 0.2) is 17.1 Å². The van der Waals surface area contributed by atoms with E-state index in [-0.39, 0.29) is 0 Å². The molecule has 1 aliphatic rings. The van der Waals surface area contributed by atoms with Gasteiger partial charge in [-0.25, -0.2) is 14.5 Å². The third kappa shape index (κ3) is 2.08. The average molecular weight is 357 g/mol. The number of nitrogens with zero attached hydrogens (tertiary/aromatic N) is 7. The second-order valence-electron chi connectivity index (χ2n) is 7.28. The zero-order chi connectivity index (χ0) is 18.0. The molecule has 1 aliphatic carbocycles. The molecule has 4 aromatic heterocycles. The normalized spacial score (nSPS) is 14.4. The molecule has 0 bridgehead atoms. The van der Waals surface area contributed by atoms with Gasteiger partial charge >= 0.3 is 0 Å². The Morgan fingerprint density at radius 2 is 1.93 bits per heavy atom. The maximum absolute atomic E-state index is 4.82. The minimum Gasteiger partial charge on any atom is -0.337 e. The summed E-state index contributed by atoms with van der Waals surface area (Å²) in [6.07, 6.45) is 8.36. The van der Waals surface area contributed by atoms with Crippen LogP contribution in [-0.2, 0) is 26.4 Å². The molecule has 0 saturated carbocycles. The zero-order valence-electron chi connectivity index (χ0n) is 15.1. The minimum absolute atomic E-state index is 0.680. The number of hydrogen-bond acceptors (Lipinski definition) is 4. The third-order valence-corrected chi connectivity index (χ3v) is 5.70. The molecule has 4 heterocycles. The number of benzene rings is 1. The van der Waals surface area contributed by atoms with E-state index in [9.17, 15) is 0 Å². The van der Waals surface area contributed by atoms with E-state index in [1.807, 2.05) is 13.2 Å². The molecular formula is C20H19N7. The van der Waals surface area contributed by atoms with Crippen LogP contribution in [0.4, 0.5) is 0 Å². The van der Waals surface area contributed by atoms with Gasteiger partial charge < -0.3 is 4.57 Å². The molecule has 1 aromatic carbocycles. The predicted molar refractivity (Wildman–Crippen MR) is 103 cm³/mol. The van der Waals surface area contributed by atoms with Crippen LogP contribution in [0.25, 0.3) is 27.6 Å². The van der Waals surface area contributed by atoms with Crippen LogP contribution in [0.15, 0.2) is 36.8 Å². The summed E-state index contributed by atoms with van der Waals surface area (Å²) < 4.78 is 5.93. The van der Waals surface area contributed by atoms with Crippen molar-refractivity contribution in [3.05, 3.63) is 53.9 Å². The number of rotatable bonds is 2. The van der Waals surface area contributed by atoms with Crippen LogP contribution in [0.5, 0.6) is 0 Å². The summed E-state index contributed by atoms with van der Waals surface area (Å²) in [7, 11) is 1.89. The second-order valence-corrected chi connectivity index (χ2v) is 7.28. The van der Waals surface area contributed by atoms with Gasteiger partial charge in [-0.3, -0.25) is 4.68 Å². The van der Waals surface area contributed by atoms with Crippen LogP contribution < -0.4 is 0 Å². The lowest BCUT2D eigenvalue weighted by Crippen LogP contribution is -2.10. The van der Waals surface area contributed by atoms with Gasteiger partial charge in [-0.15, -0.1) is 5.10 Å². The highest BCUT2D eigenvalue weighted by atomic mass is 15.3. The Hall–Kier alpha value is -3.22. The highest BCUT2D eigenvalue weighted by molar-refractivity contribution is 5.88. The Morgan fingerprint density at radius 3 is 2.89 bits per heavy atom. The first-order valence-corrected chi connectivity index (χ1v) is 9.40. The fourth-order valence-corrected chi connectivity index (χ4v) is 4.46. The quantitative estimate of drug-likeness (QED) is 0.487. The van der Waals surface area contributed by atoms with Crippen molar-refractivity contribution in [2.45, 2.75) is 32.2 Å². The van der Waals surface area contributed by atoms with Crippen molar-refractivity contribution >= 4 is 27.6 Å². The molecule has 0 atom stereocenters. The molecular weight excluding hydrogens is 338 g/mol. The van der Waals surface area contributed by atoms with Crippen molar-refractivity contribution in [2.75, 3.05) is 0 Å². The van der Waals surface area contributed by atoms with Crippen molar-refractivity contribution in [1.82, 2.24) is 33.9 Å². The van der Waals surface area contributed by atoms with E-state index < -0.39 is 0 Å². The number of aryl methyl sites for hydroxylation is 2. The van der Waals surface area contributed by atoms with Crippen molar-refractivity contribution in [1.29, 1.82) is 0 Å². The van der Waals surface area contributed by atoms with E-state index in [0.29, 0.717) is 6.54 Å². The lowest BCUT2D eigenvalue weighted by Gasteiger charge is -2.15. The van der Waals surface area contributed by atoms with Crippen LogP contribution in [0.3, 0.4) is 0 Å². The molecule has 27 heavy (non-hydrogen) atoms. The van der Waals surface area contributed by atoms with Crippen LogP contribution in [0.1, 0.15) is 29.9 Å². The van der Waals surface area contributed by atoms with E-state index in [2.05, 4.69) is 44.0 Å². The second kappa shape index (κ2) is 5.39. The molecule has 0 spiro atoms. The van der Waals surface area contributed by atoms with Crippen LogP contribution in [0, 0.1) is 0 Å². The van der Waals surface area contributed by atoms with Crippen LogP contribution in [-0.4, -0.2) is 33.9 Å². The summed E-state index contributed by atoms with van der Waals surface area (Å²) >= 11 is 0. The van der Waals surface area contributed by atoms with Gasteiger partial charge in [0.25, 0.3) is 0 Å². The Kier molecular flexibility index (Phi) is 2.97. The number of fused-ring (bicyclic) bond motifs is 6. The molecule has 6 rings (SSSR count). The van der Waals surface area contributed by atoms with Gasteiger partial charge in [-0.1, -0.05) is 18.2 Å². The summed E-state index contributed by atoms with van der Waals surface area (Å²) in [5, 5.41) is 11.3. The first-order chi connectivity index (χ1) is 13.3. The summed E-state index contributed by atoms with van der Waals surface area (Å²) in [4.78, 5) is 9.28. The van der Waals surface area contributed by atoms with E-state index in [4.69, 9.17) is 4.98 Å². The van der Waals surface area contributed by atoms with Gasteiger partial charge in [0, 0.05) is 23.6 Å². The minimum atomic E-state index is 0.680. The van der Waals surface area contributed by atoms with Gasteiger partial charge in [0.05, 0.1) is 18.1 Å². The maximum atomic E-state index is 4.82. The monoisotopic (exact) mass is 357 g/mol. The fraction of sp³-hybridized carbons (Fsp3) is 0.300. The molecule has 0 radical (unpaired) electrons. The smallest absolute Gasteiger partial charge is 0.171 e. The fourth-order valence-electron chi connectivity index (χ4n) is 4.46. The largest absolute Gasteiger partial charge is 0.337 e. The number of para-hydroxylation sites is 1. The summed E-state index contributed by atoms with van der Waals surface area (Å²) in [5.41, 5.74) is 5.88. The van der Waals surface area contributed by atoms with E-state index in [1.54, 1.807) is 15.5 Å². The third-order valence-electron chi connectivity index (χ3n) is 5.70. The SMILES string of the molecule is Cn1ncc2c1ncn1nc(Cn3c4c(c5ccccc53)CCCC4)nc21. The topological polar surface area (TPSA) is 65.8 Å². The van der Waals surface area contributed by atoms with Gasteiger partial charge in [-0.2, -0.15) is 5.10 Å². The molecule has 134 valence electrons. The highest BCUT2D eigenvalue weighted by Gasteiger charge is 2.21. The Labute approximate surface area is 155 Å². The van der Waals surface area contributed by atoms with Gasteiger partial charge in [0.1, 0.15) is 6.33 Å². The number of hydrogen-bond donors (Lipinski definition) is 0. The Bertz CT molecular complexity index is 1320. The molecule has 0 unspecified atom stereocenters. The van der Waals surface area contributed by atoms with Crippen molar-refractivity contribution in [3.8, 4) is 0 Å². The van der Waals surface area contributed by atoms with E-state index in [0.717, 1.165) is 28.9 Å². The molecule has 0 N–H and O–H groups in total. The number of aromatic nitrogens is 7. The molecule has 0 saturated heterocycles. The Morgan fingerprint density at radius 1 is 1.04 bits per heavy atom. The summed E-state index contributed by atoms with van der Waals surface area (Å²) in [5.74, 6) is 0.808. The molecule has 0 aliphatic heterocycles. The molecule has 5 aromatic rings. The van der Waals surface area contributed by atoms with Crippen LogP contribution in [0.2, 0.25) is 0 Å². The van der Waals surface area contributed by atoms with E-state index >= 15 is 0 Å². The highest BCUT2D eigenvalue weighted by Crippen LogP contribution is 2.32. The van der Waals surface area contributed by atoms with Crippen molar-refractivity contribution in [3.63, 3.8) is 0 Å². The molecule has 0 fully saturated rings. The van der Waals surface area contributed by atoms with Crippen LogP contribution >= 0.6 is 0 Å².